The molecule has 0 saturated carbocycles. The molecule has 0 aliphatic carbocycles. The summed E-state index contributed by atoms with van der Waals surface area (Å²) in [5.41, 5.74) is 2.87. The summed E-state index contributed by atoms with van der Waals surface area (Å²) in [6.07, 6.45) is -4.27. The molecule has 0 spiro atoms. The Hall–Kier alpha value is -3.91. The summed E-state index contributed by atoms with van der Waals surface area (Å²) in [7, 11) is 1.44. The third-order valence-electron chi connectivity index (χ3n) is 7.80. The highest BCUT2D eigenvalue weighted by atomic mass is 32.2. The van der Waals surface area contributed by atoms with E-state index in [9.17, 15) is 31.9 Å². The lowest BCUT2D eigenvalue weighted by Crippen LogP contribution is -2.58. The first-order valence-electron chi connectivity index (χ1n) is 13.4. The molecule has 1 aromatic heterocycles. The number of halogens is 4. The van der Waals surface area contributed by atoms with E-state index in [-0.39, 0.29) is 76.1 Å². The summed E-state index contributed by atoms with van der Waals surface area (Å²) in [5.74, 6) is -2.00. The number of hydrogen-bond acceptors (Lipinski definition) is 7. The number of alkyl halides is 3. The van der Waals surface area contributed by atoms with Gasteiger partial charge in [0, 0.05) is 59.4 Å². The normalized spacial score (nSPS) is 20.7. The highest BCUT2D eigenvalue weighted by Gasteiger charge is 2.40. The first-order chi connectivity index (χ1) is 20.3. The van der Waals surface area contributed by atoms with Crippen molar-refractivity contribution in [3.05, 3.63) is 64.3 Å². The number of ether oxygens (including phenoxy) is 1. The number of rotatable bonds is 5. The predicted molar refractivity (Wildman–Crippen MR) is 155 cm³/mol. The molecule has 2 N–H and O–H groups in total. The molecule has 43 heavy (non-hydrogen) atoms. The van der Waals surface area contributed by atoms with Gasteiger partial charge < -0.3 is 20.3 Å². The van der Waals surface area contributed by atoms with E-state index in [1.807, 2.05) is 0 Å². The molecule has 2 aromatic carbocycles. The lowest BCUT2D eigenvalue weighted by atomic mass is 9.92. The minimum Gasteiger partial charge on any atom is -0.379 e. The number of amides is 2. The highest BCUT2D eigenvalue weighted by Crippen LogP contribution is 2.49. The second-order valence-corrected chi connectivity index (χ2v) is 11.7. The van der Waals surface area contributed by atoms with Gasteiger partial charge in [0.1, 0.15) is 11.6 Å². The number of methoxy groups -OCH3 is 1. The first kappa shape index (κ1) is 30.5. The monoisotopic (exact) mass is 619 g/mol. The number of hydrogen-bond donors (Lipinski definition) is 1. The standard InChI is InChI=1S/C29H29F4N5O4S/c1-5-22(39)38-14(2)10-36(11-15(38)3)27-20-9-21(29(31,32)33)23(18-7-6-16(30)8-19(18)26(34)40)25-24(20)37(28(41)35-27)12-17(42-4)13-43-25/h5-9,14-15,17H,1,10-13H2,2-4H3,(H2,34,40)/t14-,15+,17-/m0/s1. The van der Waals surface area contributed by atoms with Gasteiger partial charge in [0.05, 0.1) is 23.7 Å². The quantitative estimate of drug-likeness (QED) is 0.339. The van der Waals surface area contributed by atoms with Crippen molar-refractivity contribution in [3.63, 3.8) is 0 Å². The Morgan fingerprint density at radius 1 is 1.16 bits per heavy atom. The lowest BCUT2D eigenvalue weighted by molar-refractivity contribution is -0.137. The van der Waals surface area contributed by atoms with Crippen molar-refractivity contribution >= 4 is 40.3 Å². The van der Waals surface area contributed by atoms with Crippen LogP contribution in [0, 0.1) is 5.82 Å². The van der Waals surface area contributed by atoms with Crippen LogP contribution in [0.3, 0.4) is 0 Å². The van der Waals surface area contributed by atoms with Crippen molar-refractivity contribution in [2.45, 2.75) is 49.7 Å². The maximum Gasteiger partial charge on any atom is 0.417 e. The zero-order valence-corrected chi connectivity index (χ0v) is 24.4. The Morgan fingerprint density at radius 2 is 1.84 bits per heavy atom. The molecule has 1 saturated heterocycles. The molecule has 14 heteroatoms. The number of nitrogens with two attached hydrogens (primary N) is 1. The highest BCUT2D eigenvalue weighted by molar-refractivity contribution is 7.99. The van der Waals surface area contributed by atoms with Gasteiger partial charge in [-0.2, -0.15) is 18.2 Å². The predicted octanol–water partition coefficient (Wildman–Crippen LogP) is 4.05. The summed E-state index contributed by atoms with van der Waals surface area (Å²) in [6, 6.07) is 3.03. The van der Waals surface area contributed by atoms with Crippen LogP contribution in [0.1, 0.15) is 29.8 Å². The van der Waals surface area contributed by atoms with Crippen LogP contribution in [0.2, 0.25) is 0 Å². The average Bonchev–Trinajstić information content (AvgIpc) is 3.14. The van der Waals surface area contributed by atoms with Gasteiger partial charge in [0.25, 0.3) is 0 Å². The van der Waals surface area contributed by atoms with E-state index in [1.54, 1.807) is 23.6 Å². The molecule has 2 aliphatic heterocycles. The number of thioether (sulfide) groups is 1. The Labute approximate surface area is 248 Å². The molecule has 3 heterocycles. The van der Waals surface area contributed by atoms with Crippen LogP contribution in [-0.2, 0) is 22.3 Å². The van der Waals surface area contributed by atoms with E-state index < -0.39 is 40.8 Å². The minimum atomic E-state index is -4.93. The van der Waals surface area contributed by atoms with Gasteiger partial charge in [-0.05, 0) is 43.7 Å². The summed E-state index contributed by atoms with van der Waals surface area (Å²) in [4.78, 5) is 46.1. The molecule has 228 valence electrons. The zero-order chi connectivity index (χ0) is 31.4. The summed E-state index contributed by atoms with van der Waals surface area (Å²) >= 11 is 1.04. The van der Waals surface area contributed by atoms with Gasteiger partial charge in [0.2, 0.25) is 11.8 Å². The fraction of sp³-hybridized carbons (Fsp3) is 0.379. The van der Waals surface area contributed by atoms with Crippen LogP contribution in [-0.4, -0.2) is 70.4 Å². The SMILES string of the molecule is C=CC(=O)N1[C@H](C)CN(c2nc(=O)n3c4c(c(-c5ccc(F)cc5C(N)=O)c(C(F)(F)F)cc24)SC[C@@H](OC)C3)C[C@@H]1C. The molecule has 9 nitrogen and oxygen atoms in total. The molecule has 3 aromatic rings. The molecular formula is C29H29F4N5O4S. The Bertz CT molecular complexity index is 1700. The molecule has 5 rings (SSSR count). The van der Waals surface area contributed by atoms with Crippen molar-refractivity contribution in [3.8, 4) is 11.1 Å². The van der Waals surface area contributed by atoms with Gasteiger partial charge in [-0.1, -0.05) is 12.6 Å². The molecule has 0 bridgehead atoms. The van der Waals surface area contributed by atoms with Crippen LogP contribution in [0.15, 0.2) is 46.6 Å². The number of nitrogens with zero attached hydrogens (tertiary/aromatic N) is 4. The molecule has 0 radical (unpaired) electrons. The van der Waals surface area contributed by atoms with Crippen LogP contribution >= 0.6 is 11.8 Å². The van der Waals surface area contributed by atoms with E-state index in [2.05, 4.69) is 11.6 Å². The molecule has 3 atom stereocenters. The second kappa shape index (κ2) is 11.3. The topological polar surface area (TPSA) is 111 Å². The van der Waals surface area contributed by atoms with Gasteiger partial charge >= 0.3 is 11.9 Å². The molecule has 2 aliphatic rings. The van der Waals surface area contributed by atoms with Gasteiger partial charge in [-0.3, -0.25) is 14.2 Å². The summed E-state index contributed by atoms with van der Waals surface area (Å²) in [5, 5.41) is 0.0700. The smallest absolute Gasteiger partial charge is 0.379 e. The first-order valence-corrected chi connectivity index (χ1v) is 14.4. The van der Waals surface area contributed by atoms with Crippen molar-refractivity contribution in [2.75, 3.05) is 30.9 Å². The number of primary amides is 1. The maximum absolute atomic E-state index is 14.9. The fourth-order valence-electron chi connectivity index (χ4n) is 5.98. The summed E-state index contributed by atoms with van der Waals surface area (Å²) in [6.45, 7) is 7.56. The van der Waals surface area contributed by atoms with Crippen LogP contribution in [0.4, 0.5) is 23.4 Å². The molecule has 2 amide bonds. The van der Waals surface area contributed by atoms with E-state index in [0.29, 0.717) is 0 Å². The molecule has 1 fully saturated rings. The number of anilines is 1. The van der Waals surface area contributed by atoms with Crippen molar-refractivity contribution in [2.24, 2.45) is 5.73 Å². The van der Waals surface area contributed by atoms with E-state index in [0.717, 1.165) is 36.0 Å². The largest absolute Gasteiger partial charge is 0.417 e. The van der Waals surface area contributed by atoms with Crippen molar-refractivity contribution < 1.29 is 31.9 Å². The maximum atomic E-state index is 14.9. The number of aromatic nitrogens is 2. The van der Waals surface area contributed by atoms with E-state index in [1.165, 1.54) is 17.8 Å². The van der Waals surface area contributed by atoms with Crippen molar-refractivity contribution in [1.82, 2.24) is 14.5 Å². The zero-order valence-electron chi connectivity index (χ0n) is 23.6. The van der Waals surface area contributed by atoms with Crippen LogP contribution < -0.4 is 16.3 Å². The number of carbonyl (C=O) groups excluding carboxylic acids is 2. The number of carbonyl (C=O) groups is 2. The average molecular weight is 620 g/mol. The molecule has 0 unspecified atom stereocenters. The third kappa shape index (κ3) is 5.37. The number of benzene rings is 2. The molecular weight excluding hydrogens is 590 g/mol. The van der Waals surface area contributed by atoms with Gasteiger partial charge in [-0.15, -0.1) is 11.8 Å². The minimum absolute atomic E-state index is 0.0183. The Balaban J connectivity index is 1.86. The third-order valence-corrected chi connectivity index (χ3v) is 9.03. The van der Waals surface area contributed by atoms with Gasteiger partial charge in [-0.25, -0.2) is 9.18 Å². The second-order valence-electron chi connectivity index (χ2n) is 10.6. The fourth-order valence-corrected chi connectivity index (χ4v) is 7.30. The Kier molecular flexibility index (Phi) is 8.03. The summed E-state index contributed by atoms with van der Waals surface area (Å²) < 4.78 is 65.8. The van der Waals surface area contributed by atoms with Gasteiger partial charge in [0.15, 0.2) is 0 Å². The van der Waals surface area contributed by atoms with Crippen LogP contribution in [0.5, 0.6) is 0 Å². The van der Waals surface area contributed by atoms with Crippen LogP contribution in [0.25, 0.3) is 22.0 Å². The lowest BCUT2D eigenvalue weighted by Gasteiger charge is -2.44. The number of piperazine rings is 1. The Morgan fingerprint density at radius 3 is 2.42 bits per heavy atom. The van der Waals surface area contributed by atoms with E-state index in [4.69, 9.17) is 10.5 Å². The van der Waals surface area contributed by atoms with E-state index >= 15 is 0 Å². The van der Waals surface area contributed by atoms with Crippen molar-refractivity contribution in [1.29, 1.82) is 0 Å².